The van der Waals surface area contributed by atoms with Crippen LogP contribution in [0, 0.1) is 17.7 Å². The molecule has 0 radical (unpaired) electrons. The number of sulfonamides is 1. The van der Waals surface area contributed by atoms with Crippen molar-refractivity contribution in [2.45, 2.75) is 4.90 Å². The van der Waals surface area contributed by atoms with E-state index >= 15 is 0 Å². The van der Waals surface area contributed by atoms with Crippen LogP contribution in [0.4, 0.5) is 4.39 Å². The second-order valence-electron chi connectivity index (χ2n) is 5.28. The Morgan fingerprint density at radius 2 is 1.96 bits per heavy atom. The van der Waals surface area contributed by atoms with Crippen molar-refractivity contribution >= 4 is 10.0 Å². The van der Waals surface area contributed by atoms with Gasteiger partial charge in [-0.3, -0.25) is 0 Å². The van der Waals surface area contributed by atoms with Crippen molar-refractivity contribution < 1.29 is 31.8 Å². The minimum atomic E-state index is -3.96. The Balaban J connectivity index is 1.53. The highest BCUT2D eigenvalue weighted by Gasteiger charge is 2.19. The van der Waals surface area contributed by atoms with Crippen LogP contribution in [0.1, 0.15) is 0 Å². The van der Waals surface area contributed by atoms with Gasteiger partial charge in [0.15, 0.2) is 11.5 Å². The molecule has 0 unspecified atom stereocenters. The summed E-state index contributed by atoms with van der Waals surface area (Å²) < 4.78 is 60.9. The molecule has 1 aliphatic rings. The van der Waals surface area contributed by atoms with Gasteiger partial charge in [0.2, 0.25) is 16.8 Å². The topological polar surface area (TPSA) is 83.1 Å². The van der Waals surface area contributed by atoms with Gasteiger partial charge < -0.3 is 18.9 Å². The van der Waals surface area contributed by atoms with E-state index in [0.717, 1.165) is 12.1 Å². The molecule has 0 bridgehead atoms. The van der Waals surface area contributed by atoms with E-state index in [1.165, 1.54) is 13.2 Å². The van der Waals surface area contributed by atoms with E-state index in [1.807, 2.05) is 0 Å². The monoisotopic (exact) mass is 393 g/mol. The summed E-state index contributed by atoms with van der Waals surface area (Å²) in [6, 6.07) is 8.37. The first-order chi connectivity index (χ1) is 13.0. The van der Waals surface area contributed by atoms with Gasteiger partial charge in [-0.05, 0) is 30.3 Å². The SMILES string of the molecule is COc1ccc(F)cc1S(=O)(=O)NCC#CCOc1ccc2c(c1)OCO2. The van der Waals surface area contributed by atoms with Crippen LogP contribution in [0.3, 0.4) is 0 Å². The van der Waals surface area contributed by atoms with Crippen LogP contribution in [0.15, 0.2) is 41.3 Å². The van der Waals surface area contributed by atoms with Gasteiger partial charge in [-0.15, -0.1) is 0 Å². The molecule has 0 atom stereocenters. The van der Waals surface area contributed by atoms with Crippen LogP contribution in [-0.4, -0.2) is 35.5 Å². The lowest BCUT2D eigenvalue weighted by molar-refractivity contribution is 0.174. The van der Waals surface area contributed by atoms with E-state index in [1.54, 1.807) is 18.2 Å². The van der Waals surface area contributed by atoms with Crippen LogP contribution in [-0.2, 0) is 10.0 Å². The molecule has 3 rings (SSSR count). The Labute approximate surface area is 156 Å². The van der Waals surface area contributed by atoms with E-state index in [2.05, 4.69) is 16.6 Å². The van der Waals surface area contributed by atoms with E-state index in [0.29, 0.717) is 17.2 Å². The third-order valence-corrected chi connectivity index (χ3v) is 4.97. The standard InChI is InChI=1S/C18H16FNO6S/c1-23-16-6-4-13(19)10-18(16)27(21,22)20-8-2-3-9-24-14-5-7-15-17(11-14)26-12-25-15/h4-7,10-11,20H,8-9,12H2,1H3. The Kier molecular flexibility index (Phi) is 5.69. The quantitative estimate of drug-likeness (QED) is 0.755. The predicted octanol–water partition coefficient (Wildman–Crippen LogP) is 1.92. The summed E-state index contributed by atoms with van der Waals surface area (Å²) in [5, 5.41) is 0. The van der Waals surface area contributed by atoms with Crippen LogP contribution >= 0.6 is 0 Å². The number of methoxy groups -OCH3 is 1. The molecule has 2 aromatic carbocycles. The molecule has 142 valence electrons. The third kappa shape index (κ3) is 4.61. The van der Waals surface area contributed by atoms with E-state index < -0.39 is 15.8 Å². The lowest BCUT2D eigenvalue weighted by Gasteiger charge is -2.09. The molecule has 2 aromatic rings. The normalized spacial score (nSPS) is 12.2. The highest BCUT2D eigenvalue weighted by atomic mass is 32.2. The zero-order chi connectivity index (χ0) is 19.3. The zero-order valence-corrected chi connectivity index (χ0v) is 15.1. The van der Waals surface area contributed by atoms with Gasteiger partial charge in [0, 0.05) is 6.07 Å². The highest BCUT2D eigenvalue weighted by Crippen LogP contribution is 2.35. The second kappa shape index (κ2) is 8.16. The molecular formula is C18H16FNO6S. The molecule has 0 spiro atoms. The minimum Gasteiger partial charge on any atom is -0.495 e. The Morgan fingerprint density at radius 3 is 2.78 bits per heavy atom. The summed E-state index contributed by atoms with van der Waals surface area (Å²) in [5.41, 5.74) is 0. The van der Waals surface area contributed by atoms with Gasteiger partial charge in [-0.2, -0.15) is 4.72 Å². The predicted molar refractivity (Wildman–Crippen MR) is 94.0 cm³/mol. The van der Waals surface area contributed by atoms with Crippen molar-refractivity contribution in [2.75, 3.05) is 27.1 Å². The minimum absolute atomic E-state index is 0.0444. The molecule has 1 N–H and O–H groups in total. The average Bonchev–Trinajstić information content (AvgIpc) is 3.12. The number of hydrogen-bond acceptors (Lipinski definition) is 6. The maximum Gasteiger partial charge on any atom is 0.245 e. The van der Waals surface area contributed by atoms with E-state index in [-0.39, 0.29) is 30.6 Å². The lowest BCUT2D eigenvalue weighted by Crippen LogP contribution is -2.24. The van der Waals surface area contributed by atoms with Gasteiger partial charge in [-0.25, -0.2) is 12.8 Å². The first-order valence-corrected chi connectivity index (χ1v) is 9.29. The highest BCUT2D eigenvalue weighted by molar-refractivity contribution is 7.89. The van der Waals surface area contributed by atoms with Crippen LogP contribution in [0.5, 0.6) is 23.0 Å². The summed E-state index contributed by atoms with van der Waals surface area (Å²) in [5.74, 6) is 6.48. The molecule has 9 heteroatoms. The van der Waals surface area contributed by atoms with Gasteiger partial charge in [-0.1, -0.05) is 11.8 Å². The summed E-state index contributed by atoms with van der Waals surface area (Å²) in [6.45, 7) is 0.0754. The third-order valence-electron chi connectivity index (χ3n) is 3.55. The number of halogens is 1. The molecular weight excluding hydrogens is 377 g/mol. The number of rotatable bonds is 6. The van der Waals surface area contributed by atoms with Crippen molar-refractivity contribution in [3.63, 3.8) is 0 Å². The summed E-state index contributed by atoms with van der Waals surface area (Å²) in [7, 11) is -2.66. The largest absolute Gasteiger partial charge is 0.495 e. The molecule has 0 aromatic heterocycles. The Hall–Kier alpha value is -2.96. The van der Waals surface area contributed by atoms with Crippen molar-refractivity contribution in [2.24, 2.45) is 0 Å². The fourth-order valence-electron chi connectivity index (χ4n) is 2.27. The number of fused-ring (bicyclic) bond motifs is 1. The maximum atomic E-state index is 13.3. The molecule has 0 saturated carbocycles. The summed E-state index contributed by atoms with van der Waals surface area (Å²) in [4.78, 5) is -0.289. The fourth-order valence-corrected chi connectivity index (χ4v) is 3.37. The maximum absolute atomic E-state index is 13.3. The smallest absolute Gasteiger partial charge is 0.245 e. The number of ether oxygens (including phenoxy) is 4. The number of hydrogen-bond donors (Lipinski definition) is 1. The molecule has 0 aliphatic carbocycles. The van der Waals surface area contributed by atoms with Gasteiger partial charge in [0.25, 0.3) is 0 Å². The zero-order valence-electron chi connectivity index (χ0n) is 14.3. The second-order valence-corrected chi connectivity index (χ2v) is 7.01. The molecule has 1 aliphatic heterocycles. The molecule has 1 heterocycles. The number of benzene rings is 2. The van der Waals surface area contributed by atoms with Crippen molar-refractivity contribution in [1.29, 1.82) is 0 Å². The summed E-state index contributed by atoms with van der Waals surface area (Å²) >= 11 is 0. The van der Waals surface area contributed by atoms with Gasteiger partial charge in [0.05, 0.1) is 13.7 Å². The van der Waals surface area contributed by atoms with Crippen LogP contribution in [0.25, 0.3) is 0 Å². The van der Waals surface area contributed by atoms with Crippen molar-refractivity contribution in [1.82, 2.24) is 4.72 Å². The van der Waals surface area contributed by atoms with Crippen LogP contribution in [0.2, 0.25) is 0 Å². The average molecular weight is 393 g/mol. The molecule has 0 fully saturated rings. The first kappa shape index (κ1) is 18.8. The van der Waals surface area contributed by atoms with Gasteiger partial charge in [0.1, 0.15) is 28.8 Å². The summed E-state index contributed by atoms with van der Waals surface area (Å²) in [6.07, 6.45) is 0. The Bertz CT molecular complexity index is 997. The first-order valence-electron chi connectivity index (χ1n) is 7.81. The lowest BCUT2D eigenvalue weighted by atomic mass is 10.3. The van der Waals surface area contributed by atoms with E-state index in [4.69, 9.17) is 18.9 Å². The molecule has 7 nitrogen and oxygen atoms in total. The van der Waals surface area contributed by atoms with Crippen LogP contribution < -0.4 is 23.7 Å². The number of nitrogens with one attached hydrogen (secondary N) is 1. The molecule has 0 amide bonds. The van der Waals surface area contributed by atoms with Gasteiger partial charge >= 0.3 is 0 Å². The molecule has 27 heavy (non-hydrogen) atoms. The van der Waals surface area contributed by atoms with Crippen molar-refractivity contribution in [3.8, 4) is 34.8 Å². The fraction of sp³-hybridized carbons (Fsp3) is 0.222. The molecule has 0 saturated heterocycles. The van der Waals surface area contributed by atoms with E-state index in [9.17, 15) is 12.8 Å². The van der Waals surface area contributed by atoms with Crippen molar-refractivity contribution in [3.05, 3.63) is 42.2 Å². The Morgan fingerprint density at radius 1 is 1.15 bits per heavy atom.